The zero-order valence-corrected chi connectivity index (χ0v) is 10.4. The molecule has 0 radical (unpaired) electrons. The SMILES string of the molecule is C=CCNCCN(CCNCC(=O)O)CC(=O)O. The second kappa shape index (κ2) is 10.7. The summed E-state index contributed by atoms with van der Waals surface area (Å²) in [6.07, 6.45) is 1.73. The predicted octanol–water partition coefficient (Wildman–Crippen LogP) is -1.18. The third-order valence-corrected chi connectivity index (χ3v) is 2.13. The number of hydrogen-bond acceptors (Lipinski definition) is 5. The lowest BCUT2D eigenvalue weighted by atomic mass is 10.4. The summed E-state index contributed by atoms with van der Waals surface area (Å²) < 4.78 is 0. The number of rotatable bonds is 12. The van der Waals surface area contributed by atoms with Gasteiger partial charge in [-0.2, -0.15) is 0 Å². The molecular weight excluding hydrogens is 238 g/mol. The van der Waals surface area contributed by atoms with E-state index >= 15 is 0 Å². The van der Waals surface area contributed by atoms with Gasteiger partial charge in [0.15, 0.2) is 0 Å². The number of carbonyl (C=O) groups is 2. The summed E-state index contributed by atoms with van der Waals surface area (Å²) in [5.74, 6) is -1.82. The highest BCUT2D eigenvalue weighted by atomic mass is 16.4. The quantitative estimate of drug-likeness (QED) is 0.258. The Morgan fingerprint density at radius 3 is 2.22 bits per heavy atom. The second-order valence-electron chi connectivity index (χ2n) is 3.73. The molecule has 0 aromatic heterocycles. The first-order valence-corrected chi connectivity index (χ1v) is 5.74. The fourth-order valence-electron chi connectivity index (χ4n) is 1.33. The van der Waals surface area contributed by atoms with Crippen molar-refractivity contribution in [3.63, 3.8) is 0 Å². The molecule has 0 saturated carbocycles. The molecule has 0 unspecified atom stereocenters. The molecule has 0 spiro atoms. The Hall–Kier alpha value is -1.44. The average molecular weight is 259 g/mol. The number of aliphatic carboxylic acids is 2. The van der Waals surface area contributed by atoms with Gasteiger partial charge in [0.1, 0.15) is 0 Å². The maximum absolute atomic E-state index is 10.6. The molecular formula is C11H21N3O4. The van der Waals surface area contributed by atoms with Crippen molar-refractivity contribution in [2.75, 3.05) is 45.8 Å². The van der Waals surface area contributed by atoms with E-state index in [2.05, 4.69) is 17.2 Å². The molecule has 0 aromatic rings. The van der Waals surface area contributed by atoms with Gasteiger partial charge in [-0.25, -0.2) is 0 Å². The zero-order chi connectivity index (χ0) is 13.8. The predicted molar refractivity (Wildman–Crippen MR) is 67.6 cm³/mol. The maximum Gasteiger partial charge on any atom is 0.317 e. The Labute approximate surface area is 106 Å². The van der Waals surface area contributed by atoms with Crippen LogP contribution in [0.1, 0.15) is 0 Å². The molecule has 0 aliphatic rings. The fraction of sp³-hybridized carbons (Fsp3) is 0.636. The van der Waals surface area contributed by atoms with Crippen molar-refractivity contribution < 1.29 is 19.8 Å². The van der Waals surface area contributed by atoms with Gasteiger partial charge in [-0.3, -0.25) is 14.5 Å². The minimum atomic E-state index is -0.924. The molecule has 0 aliphatic heterocycles. The highest BCUT2D eigenvalue weighted by Gasteiger charge is 2.08. The van der Waals surface area contributed by atoms with E-state index in [9.17, 15) is 9.59 Å². The maximum atomic E-state index is 10.6. The molecule has 0 atom stereocenters. The normalized spacial score (nSPS) is 10.5. The molecule has 0 saturated heterocycles. The lowest BCUT2D eigenvalue weighted by Crippen LogP contribution is -2.40. The van der Waals surface area contributed by atoms with Crippen molar-refractivity contribution in [3.05, 3.63) is 12.7 Å². The molecule has 4 N–H and O–H groups in total. The van der Waals surface area contributed by atoms with E-state index in [1.807, 2.05) is 0 Å². The Morgan fingerprint density at radius 1 is 1.11 bits per heavy atom. The molecule has 104 valence electrons. The van der Waals surface area contributed by atoms with E-state index in [-0.39, 0.29) is 13.1 Å². The van der Waals surface area contributed by atoms with Crippen LogP contribution >= 0.6 is 0 Å². The molecule has 0 aliphatic carbocycles. The summed E-state index contributed by atoms with van der Waals surface area (Å²) in [6.45, 7) is 6.28. The fourth-order valence-corrected chi connectivity index (χ4v) is 1.33. The molecule has 0 rings (SSSR count). The van der Waals surface area contributed by atoms with E-state index in [1.54, 1.807) is 11.0 Å². The van der Waals surface area contributed by atoms with Crippen LogP contribution in [-0.2, 0) is 9.59 Å². The smallest absolute Gasteiger partial charge is 0.317 e. The summed E-state index contributed by atoms with van der Waals surface area (Å²) >= 11 is 0. The van der Waals surface area contributed by atoms with Crippen LogP contribution in [0.2, 0.25) is 0 Å². The summed E-state index contributed by atoms with van der Waals surface area (Å²) in [4.78, 5) is 22.7. The van der Waals surface area contributed by atoms with Gasteiger partial charge < -0.3 is 20.8 Å². The summed E-state index contributed by atoms with van der Waals surface area (Å²) in [5, 5.41) is 23.0. The van der Waals surface area contributed by atoms with Gasteiger partial charge in [0.25, 0.3) is 0 Å². The summed E-state index contributed by atoms with van der Waals surface area (Å²) in [6, 6.07) is 0. The lowest BCUT2D eigenvalue weighted by Gasteiger charge is -2.20. The van der Waals surface area contributed by atoms with Crippen molar-refractivity contribution in [2.45, 2.75) is 0 Å². The molecule has 0 heterocycles. The minimum absolute atomic E-state index is 0.0511. The van der Waals surface area contributed by atoms with Gasteiger partial charge in [-0.05, 0) is 0 Å². The van der Waals surface area contributed by atoms with E-state index in [0.29, 0.717) is 32.7 Å². The molecule has 7 heteroatoms. The molecule has 7 nitrogen and oxygen atoms in total. The second-order valence-corrected chi connectivity index (χ2v) is 3.73. The number of nitrogens with one attached hydrogen (secondary N) is 2. The largest absolute Gasteiger partial charge is 0.480 e. The number of nitrogens with zero attached hydrogens (tertiary/aromatic N) is 1. The first-order chi connectivity index (χ1) is 8.56. The van der Waals surface area contributed by atoms with E-state index in [4.69, 9.17) is 10.2 Å². The molecule has 0 amide bonds. The van der Waals surface area contributed by atoms with Crippen molar-refractivity contribution >= 4 is 11.9 Å². The van der Waals surface area contributed by atoms with Crippen LogP contribution in [0.3, 0.4) is 0 Å². The standard InChI is InChI=1S/C11H21N3O4/c1-2-3-12-4-6-14(9-11(17)18)7-5-13-8-10(15)16/h2,12-13H,1,3-9H2,(H,15,16)(H,17,18). The van der Waals surface area contributed by atoms with Crippen LogP contribution in [0.4, 0.5) is 0 Å². The van der Waals surface area contributed by atoms with Crippen LogP contribution in [0.5, 0.6) is 0 Å². The molecule has 0 aromatic carbocycles. The highest BCUT2D eigenvalue weighted by Crippen LogP contribution is 1.86. The van der Waals surface area contributed by atoms with E-state index in [0.717, 1.165) is 0 Å². The minimum Gasteiger partial charge on any atom is -0.480 e. The topological polar surface area (TPSA) is 102 Å². The average Bonchev–Trinajstić information content (AvgIpc) is 2.28. The Morgan fingerprint density at radius 2 is 1.72 bits per heavy atom. The number of hydrogen-bond donors (Lipinski definition) is 4. The van der Waals surface area contributed by atoms with Crippen molar-refractivity contribution in [2.24, 2.45) is 0 Å². The van der Waals surface area contributed by atoms with E-state index < -0.39 is 11.9 Å². The van der Waals surface area contributed by atoms with Gasteiger partial charge in [-0.15, -0.1) is 6.58 Å². The van der Waals surface area contributed by atoms with Crippen LogP contribution in [-0.4, -0.2) is 72.9 Å². The van der Waals surface area contributed by atoms with Crippen molar-refractivity contribution in [1.82, 2.24) is 15.5 Å². The summed E-state index contributed by atoms with van der Waals surface area (Å²) in [7, 11) is 0. The highest BCUT2D eigenvalue weighted by molar-refractivity contribution is 5.69. The summed E-state index contributed by atoms with van der Waals surface area (Å²) in [5.41, 5.74) is 0. The monoisotopic (exact) mass is 259 g/mol. The Balaban J connectivity index is 3.79. The van der Waals surface area contributed by atoms with Gasteiger partial charge in [0.05, 0.1) is 13.1 Å². The van der Waals surface area contributed by atoms with Crippen LogP contribution < -0.4 is 10.6 Å². The van der Waals surface area contributed by atoms with Crippen LogP contribution in [0, 0.1) is 0 Å². The number of carboxylic acid groups (broad SMARTS) is 2. The van der Waals surface area contributed by atoms with Crippen molar-refractivity contribution in [1.29, 1.82) is 0 Å². The van der Waals surface area contributed by atoms with Gasteiger partial charge >= 0.3 is 11.9 Å². The zero-order valence-electron chi connectivity index (χ0n) is 10.4. The molecule has 0 bridgehead atoms. The van der Waals surface area contributed by atoms with Crippen molar-refractivity contribution in [3.8, 4) is 0 Å². The first kappa shape index (κ1) is 16.6. The lowest BCUT2D eigenvalue weighted by molar-refractivity contribution is -0.139. The number of carboxylic acids is 2. The first-order valence-electron chi connectivity index (χ1n) is 5.74. The Bertz CT molecular complexity index is 271. The van der Waals surface area contributed by atoms with Gasteiger partial charge in [0, 0.05) is 32.7 Å². The van der Waals surface area contributed by atoms with Gasteiger partial charge in [0.2, 0.25) is 0 Å². The third kappa shape index (κ3) is 11.1. The van der Waals surface area contributed by atoms with E-state index in [1.165, 1.54) is 0 Å². The van der Waals surface area contributed by atoms with Crippen LogP contribution in [0.15, 0.2) is 12.7 Å². The molecule has 0 fully saturated rings. The molecule has 18 heavy (non-hydrogen) atoms. The van der Waals surface area contributed by atoms with Gasteiger partial charge in [-0.1, -0.05) is 6.08 Å². The van der Waals surface area contributed by atoms with Crippen LogP contribution in [0.25, 0.3) is 0 Å². The third-order valence-electron chi connectivity index (χ3n) is 2.13. The Kier molecular flexibility index (Phi) is 9.84.